The number of rotatable bonds is 3. The Morgan fingerprint density at radius 2 is 2.00 bits per heavy atom. The number of aliphatic imine (C=N–C) groups is 1. The standard InChI is InChI=1S/C9H9NO6/c1-16-8(15)9(7(13)14)3-2-4-10-5(9)6(11)12/h2-5H,1H3,(H,11,12)(H,13,14). The monoisotopic (exact) mass is 227 g/mol. The van der Waals surface area contributed by atoms with Crippen LogP contribution in [0.4, 0.5) is 0 Å². The van der Waals surface area contributed by atoms with Gasteiger partial charge in [-0.1, -0.05) is 6.08 Å². The number of aliphatic carboxylic acids is 2. The Hall–Kier alpha value is -2.18. The van der Waals surface area contributed by atoms with Gasteiger partial charge in [0.15, 0.2) is 6.04 Å². The molecule has 0 bridgehead atoms. The van der Waals surface area contributed by atoms with Gasteiger partial charge in [0, 0.05) is 6.21 Å². The molecule has 1 rings (SSSR count). The topological polar surface area (TPSA) is 113 Å². The quantitative estimate of drug-likeness (QED) is 0.488. The van der Waals surface area contributed by atoms with E-state index in [1.54, 1.807) is 0 Å². The van der Waals surface area contributed by atoms with Crippen LogP contribution in [0.15, 0.2) is 17.1 Å². The third-order valence-corrected chi connectivity index (χ3v) is 2.22. The van der Waals surface area contributed by atoms with Crippen molar-refractivity contribution < 1.29 is 29.3 Å². The van der Waals surface area contributed by atoms with Crippen LogP contribution in [-0.4, -0.2) is 47.5 Å². The summed E-state index contributed by atoms with van der Waals surface area (Å²) in [5, 5.41) is 17.9. The number of carboxylic acid groups (broad SMARTS) is 2. The molecule has 1 aliphatic rings. The molecule has 2 unspecified atom stereocenters. The number of carboxylic acids is 2. The lowest BCUT2D eigenvalue weighted by Crippen LogP contribution is -2.51. The van der Waals surface area contributed by atoms with Crippen LogP contribution < -0.4 is 0 Å². The van der Waals surface area contributed by atoms with Crippen molar-refractivity contribution >= 4 is 24.1 Å². The highest BCUT2D eigenvalue weighted by atomic mass is 16.5. The number of dihydropyridines is 1. The van der Waals surface area contributed by atoms with E-state index in [4.69, 9.17) is 10.2 Å². The molecule has 0 aromatic heterocycles. The first-order chi connectivity index (χ1) is 7.46. The number of methoxy groups -OCH3 is 1. The van der Waals surface area contributed by atoms with Crippen molar-refractivity contribution in [2.75, 3.05) is 7.11 Å². The second kappa shape index (κ2) is 4.13. The van der Waals surface area contributed by atoms with E-state index in [1.165, 1.54) is 6.08 Å². The van der Waals surface area contributed by atoms with Gasteiger partial charge in [0.05, 0.1) is 7.11 Å². The molecule has 2 N–H and O–H groups in total. The smallest absolute Gasteiger partial charge is 0.330 e. The average molecular weight is 227 g/mol. The van der Waals surface area contributed by atoms with Crippen molar-refractivity contribution in [3.8, 4) is 0 Å². The zero-order chi connectivity index (χ0) is 12.3. The Kier molecular flexibility index (Phi) is 3.07. The van der Waals surface area contributed by atoms with E-state index < -0.39 is 29.4 Å². The molecule has 16 heavy (non-hydrogen) atoms. The molecule has 7 nitrogen and oxygen atoms in total. The number of esters is 1. The zero-order valence-corrected chi connectivity index (χ0v) is 8.28. The van der Waals surface area contributed by atoms with Crippen molar-refractivity contribution in [1.29, 1.82) is 0 Å². The van der Waals surface area contributed by atoms with Crippen molar-refractivity contribution in [3.05, 3.63) is 12.2 Å². The maximum Gasteiger partial charge on any atom is 0.330 e. The van der Waals surface area contributed by atoms with Gasteiger partial charge in [-0.3, -0.25) is 14.6 Å². The van der Waals surface area contributed by atoms with Crippen LogP contribution in [0.5, 0.6) is 0 Å². The first kappa shape index (κ1) is 11.9. The molecule has 0 saturated heterocycles. The number of carbonyl (C=O) groups excluding carboxylic acids is 1. The summed E-state index contributed by atoms with van der Waals surface area (Å²) in [5.74, 6) is -4.28. The van der Waals surface area contributed by atoms with Gasteiger partial charge in [0.1, 0.15) is 0 Å². The number of allylic oxidation sites excluding steroid dienone is 1. The van der Waals surface area contributed by atoms with E-state index in [0.29, 0.717) is 0 Å². The summed E-state index contributed by atoms with van der Waals surface area (Å²) >= 11 is 0. The molecule has 0 saturated carbocycles. The molecule has 0 aromatic carbocycles. The molecule has 1 aliphatic heterocycles. The summed E-state index contributed by atoms with van der Waals surface area (Å²) in [6.07, 6.45) is 3.29. The Morgan fingerprint density at radius 3 is 2.44 bits per heavy atom. The largest absolute Gasteiger partial charge is 0.480 e. The van der Waals surface area contributed by atoms with Gasteiger partial charge in [0.2, 0.25) is 5.41 Å². The summed E-state index contributed by atoms with van der Waals surface area (Å²) < 4.78 is 4.33. The SMILES string of the molecule is COC(=O)C1(C(=O)O)C=CC=NC1C(=O)O. The van der Waals surface area contributed by atoms with Crippen molar-refractivity contribution in [3.63, 3.8) is 0 Å². The zero-order valence-electron chi connectivity index (χ0n) is 8.28. The fraction of sp³-hybridized carbons (Fsp3) is 0.333. The van der Waals surface area contributed by atoms with Crippen LogP contribution in [0.3, 0.4) is 0 Å². The number of carbonyl (C=O) groups is 3. The van der Waals surface area contributed by atoms with Gasteiger partial charge < -0.3 is 14.9 Å². The molecule has 7 heteroatoms. The van der Waals surface area contributed by atoms with E-state index in [0.717, 1.165) is 19.4 Å². The summed E-state index contributed by atoms with van der Waals surface area (Å²) in [5.41, 5.74) is -2.30. The molecule has 86 valence electrons. The maximum atomic E-state index is 11.5. The molecule has 0 aliphatic carbocycles. The van der Waals surface area contributed by atoms with Crippen LogP contribution in [0.25, 0.3) is 0 Å². The van der Waals surface area contributed by atoms with E-state index >= 15 is 0 Å². The van der Waals surface area contributed by atoms with Gasteiger partial charge in [-0.25, -0.2) is 4.79 Å². The van der Waals surface area contributed by atoms with Gasteiger partial charge in [-0.05, 0) is 6.08 Å². The minimum atomic E-state index is -2.30. The van der Waals surface area contributed by atoms with Crippen molar-refractivity contribution in [2.45, 2.75) is 6.04 Å². The predicted molar refractivity (Wildman–Crippen MR) is 51.1 cm³/mol. The minimum Gasteiger partial charge on any atom is -0.480 e. The Bertz CT molecular complexity index is 399. The van der Waals surface area contributed by atoms with Crippen LogP contribution in [-0.2, 0) is 19.1 Å². The predicted octanol–water partition coefficient (Wildman–Crippen LogP) is -0.676. The highest BCUT2D eigenvalue weighted by Gasteiger charge is 2.56. The highest BCUT2D eigenvalue weighted by molar-refractivity contribution is 6.08. The third-order valence-electron chi connectivity index (χ3n) is 2.22. The summed E-state index contributed by atoms with van der Waals surface area (Å²) in [4.78, 5) is 36.9. The number of nitrogens with zero attached hydrogens (tertiary/aromatic N) is 1. The van der Waals surface area contributed by atoms with Gasteiger partial charge in [0.25, 0.3) is 0 Å². The molecule has 0 aromatic rings. The molecular formula is C9H9NO6. The van der Waals surface area contributed by atoms with Crippen LogP contribution in [0.1, 0.15) is 0 Å². The lowest BCUT2D eigenvalue weighted by Gasteiger charge is -2.28. The molecular weight excluding hydrogens is 218 g/mol. The Labute approximate surface area is 90.0 Å². The molecule has 1 heterocycles. The second-order valence-corrected chi connectivity index (χ2v) is 3.06. The fourth-order valence-corrected chi connectivity index (χ4v) is 1.42. The van der Waals surface area contributed by atoms with E-state index in [2.05, 4.69) is 9.73 Å². The first-order valence-electron chi connectivity index (χ1n) is 4.22. The Balaban J connectivity index is 3.32. The van der Waals surface area contributed by atoms with E-state index in [9.17, 15) is 14.4 Å². The normalized spacial score (nSPS) is 27.4. The third kappa shape index (κ3) is 1.56. The van der Waals surface area contributed by atoms with Crippen LogP contribution in [0, 0.1) is 5.41 Å². The van der Waals surface area contributed by atoms with Crippen LogP contribution >= 0.6 is 0 Å². The van der Waals surface area contributed by atoms with E-state index in [-0.39, 0.29) is 0 Å². The number of ether oxygens (including phenoxy) is 1. The summed E-state index contributed by atoms with van der Waals surface area (Å²) in [6.45, 7) is 0. The minimum absolute atomic E-state index is 0.965. The Morgan fingerprint density at radius 1 is 1.38 bits per heavy atom. The maximum absolute atomic E-state index is 11.5. The van der Waals surface area contributed by atoms with Gasteiger partial charge in [-0.2, -0.15) is 0 Å². The second-order valence-electron chi connectivity index (χ2n) is 3.06. The number of hydrogen-bond acceptors (Lipinski definition) is 5. The van der Waals surface area contributed by atoms with Crippen LogP contribution in [0.2, 0.25) is 0 Å². The van der Waals surface area contributed by atoms with E-state index in [1.807, 2.05) is 0 Å². The van der Waals surface area contributed by atoms with Gasteiger partial charge in [-0.15, -0.1) is 0 Å². The summed E-state index contributed by atoms with van der Waals surface area (Å²) in [7, 11) is 0.984. The molecule has 0 fully saturated rings. The lowest BCUT2D eigenvalue weighted by molar-refractivity contribution is -0.169. The highest BCUT2D eigenvalue weighted by Crippen LogP contribution is 2.31. The summed E-state index contributed by atoms with van der Waals surface area (Å²) in [6, 6.07) is -1.72. The average Bonchev–Trinajstić information content (AvgIpc) is 2.27. The molecule has 0 spiro atoms. The molecule has 2 atom stereocenters. The number of hydrogen-bond donors (Lipinski definition) is 2. The fourth-order valence-electron chi connectivity index (χ4n) is 1.42. The molecule has 0 amide bonds. The van der Waals surface area contributed by atoms with Crippen molar-refractivity contribution in [1.82, 2.24) is 0 Å². The molecule has 0 radical (unpaired) electrons. The lowest BCUT2D eigenvalue weighted by atomic mass is 9.78. The van der Waals surface area contributed by atoms with Gasteiger partial charge >= 0.3 is 17.9 Å². The first-order valence-corrected chi connectivity index (χ1v) is 4.22. The van der Waals surface area contributed by atoms with Crippen molar-refractivity contribution in [2.24, 2.45) is 10.4 Å².